The first-order valence-electron chi connectivity index (χ1n) is 8.49. The van der Waals surface area contributed by atoms with Crippen LogP contribution >= 0.6 is 11.3 Å². The van der Waals surface area contributed by atoms with Gasteiger partial charge in [0.05, 0.1) is 6.54 Å². The number of hydrogen-bond acceptors (Lipinski definition) is 5. The Balaban J connectivity index is 1.55. The number of amides is 2. The Morgan fingerprint density at radius 3 is 2.88 bits per heavy atom. The van der Waals surface area contributed by atoms with Crippen molar-refractivity contribution in [1.82, 2.24) is 15.1 Å². The van der Waals surface area contributed by atoms with Gasteiger partial charge >= 0.3 is 6.03 Å². The van der Waals surface area contributed by atoms with Gasteiger partial charge in [0.15, 0.2) is 0 Å². The first kappa shape index (κ1) is 17.7. The Morgan fingerprint density at radius 1 is 1.40 bits per heavy atom. The number of rotatable bonds is 5. The molecular weight excluding hydrogens is 336 g/mol. The lowest BCUT2D eigenvalue weighted by atomic mass is 9.91. The number of anilines is 1. The molecule has 1 aromatic heterocycles. The predicted molar refractivity (Wildman–Crippen MR) is 99.4 cm³/mol. The number of para-hydroxylation sites is 1. The van der Waals surface area contributed by atoms with Crippen molar-refractivity contribution in [2.75, 3.05) is 18.9 Å². The SMILES string of the molecule is CCC(C)(C)c1nnc(NC(=O)N(C)CC2Cc3ccccc3O2)s1. The van der Waals surface area contributed by atoms with Crippen LogP contribution in [-0.2, 0) is 11.8 Å². The summed E-state index contributed by atoms with van der Waals surface area (Å²) in [6.45, 7) is 6.89. The molecule has 1 atom stereocenters. The maximum absolute atomic E-state index is 12.4. The number of hydrogen-bond donors (Lipinski definition) is 1. The molecule has 0 saturated carbocycles. The Bertz CT molecular complexity index is 734. The summed E-state index contributed by atoms with van der Waals surface area (Å²) in [7, 11) is 1.76. The van der Waals surface area contributed by atoms with Gasteiger partial charge < -0.3 is 9.64 Å². The molecule has 2 aromatic rings. The second-order valence-electron chi connectivity index (χ2n) is 7.01. The van der Waals surface area contributed by atoms with E-state index in [1.807, 2.05) is 18.2 Å². The number of aromatic nitrogens is 2. The fraction of sp³-hybridized carbons (Fsp3) is 0.500. The van der Waals surface area contributed by atoms with E-state index >= 15 is 0 Å². The largest absolute Gasteiger partial charge is 0.488 e. The van der Waals surface area contributed by atoms with Crippen molar-refractivity contribution in [2.45, 2.75) is 45.1 Å². The molecule has 1 unspecified atom stereocenters. The monoisotopic (exact) mass is 360 g/mol. The highest BCUT2D eigenvalue weighted by molar-refractivity contribution is 7.15. The zero-order valence-electron chi connectivity index (χ0n) is 15.1. The van der Waals surface area contributed by atoms with Gasteiger partial charge in [0, 0.05) is 18.9 Å². The first-order chi connectivity index (χ1) is 11.9. The van der Waals surface area contributed by atoms with Gasteiger partial charge in [-0.3, -0.25) is 5.32 Å². The van der Waals surface area contributed by atoms with Crippen LogP contribution in [0.4, 0.5) is 9.93 Å². The number of nitrogens with zero attached hydrogens (tertiary/aromatic N) is 3. The molecule has 2 amide bonds. The topological polar surface area (TPSA) is 67.4 Å². The maximum atomic E-state index is 12.4. The van der Waals surface area contributed by atoms with Gasteiger partial charge in [-0.15, -0.1) is 10.2 Å². The third-order valence-electron chi connectivity index (χ3n) is 4.64. The Labute approximate surface area is 152 Å². The number of likely N-dealkylation sites (N-methyl/N-ethyl adjacent to an activating group) is 1. The summed E-state index contributed by atoms with van der Waals surface area (Å²) in [5, 5.41) is 12.6. The smallest absolute Gasteiger partial charge is 0.323 e. The van der Waals surface area contributed by atoms with Gasteiger partial charge in [-0.2, -0.15) is 0 Å². The molecule has 0 aliphatic carbocycles. The van der Waals surface area contributed by atoms with E-state index in [2.05, 4.69) is 42.4 Å². The number of carbonyl (C=O) groups excluding carboxylic acids is 1. The van der Waals surface area contributed by atoms with Crippen LogP contribution in [0.5, 0.6) is 5.75 Å². The molecule has 1 aliphatic rings. The Morgan fingerprint density at radius 2 is 2.16 bits per heavy atom. The summed E-state index contributed by atoms with van der Waals surface area (Å²) < 4.78 is 5.89. The van der Waals surface area contributed by atoms with E-state index in [0.29, 0.717) is 11.7 Å². The maximum Gasteiger partial charge on any atom is 0.323 e. The summed E-state index contributed by atoms with van der Waals surface area (Å²) in [6.07, 6.45) is 1.77. The highest BCUT2D eigenvalue weighted by atomic mass is 32.1. The second kappa shape index (κ2) is 7.00. The van der Waals surface area contributed by atoms with Crippen LogP contribution < -0.4 is 10.1 Å². The standard InChI is InChI=1S/C18H24N4O2S/c1-5-18(2,3)15-20-21-16(25-15)19-17(23)22(4)11-13-10-12-8-6-7-9-14(12)24-13/h6-9,13H,5,10-11H2,1-4H3,(H,19,21,23). The molecule has 6 nitrogen and oxygen atoms in total. The molecule has 0 saturated heterocycles. The van der Waals surface area contributed by atoms with Crippen molar-refractivity contribution >= 4 is 22.5 Å². The van der Waals surface area contributed by atoms with Crippen LogP contribution in [0.25, 0.3) is 0 Å². The molecule has 0 fully saturated rings. The molecule has 0 bridgehead atoms. The summed E-state index contributed by atoms with van der Waals surface area (Å²) in [6, 6.07) is 7.80. The Hall–Kier alpha value is -2.15. The number of ether oxygens (including phenoxy) is 1. The highest BCUT2D eigenvalue weighted by Gasteiger charge is 2.26. The number of carbonyl (C=O) groups is 1. The predicted octanol–water partition coefficient (Wildman–Crippen LogP) is 3.69. The molecule has 7 heteroatoms. The normalized spacial score (nSPS) is 16.2. The number of fused-ring (bicyclic) bond motifs is 1. The van der Waals surface area contributed by atoms with Crippen molar-refractivity contribution in [1.29, 1.82) is 0 Å². The van der Waals surface area contributed by atoms with Gasteiger partial charge in [0.25, 0.3) is 0 Å². The third kappa shape index (κ3) is 3.92. The summed E-state index contributed by atoms with van der Waals surface area (Å²) in [4.78, 5) is 14.0. The molecule has 1 aromatic carbocycles. The molecule has 0 spiro atoms. The van der Waals surface area contributed by atoms with E-state index in [1.165, 1.54) is 16.9 Å². The lowest BCUT2D eigenvalue weighted by Crippen LogP contribution is -2.38. The molecule has 134 valence electrons. The van der Waals surface area contributed by atoms with Crippen molar-refractivity contribution < 1.29 is 9.53 Å². The zero-order valence-corrected chi connectivity index (χ0v) is 15.9. The highest BCUT2D eigenvalue weighted by Crippen LogP contribution is 2.31. The van der Waals surface area contributed by atoms with Crippen molar-refractivity contribution in [3.8, 4) is 5.75 Å². The number of benzene rings is 1. The van der Waals surface area contributed by atoms with Crippen LogP contribution in [0.2, 0.25) is 0 Å². The molecule has 3 rings (SSSR count). The van der Waals surface area contributed by atoms with Gasteiger partial charge in [-0.05, 0) is 18.1 Å². The van der Waals surface area contributed by atoms with Crippen LogP contribution in [0, 0.1) is 0 Å². The molecular formula is C18H24N4O2S. The van der Waals surface area contributed by atoms with Crippen LogP contribution in [-0.4, -0.2) is 40.8 Å². The molecule has 1 N–H and O–H groups in total. The van der Waals surface area contributed by atoms with Gasteiger partial charge in [-0.25, -0.2) is 4.79 Å². The van der Waals surface area contributed by atoms with E-state index < -0.39 is 0 Å². The minimum absolute atomic E-state index is 0.0165. The first-order valence-corrected chi connectivity index (χ1v) is 9.31. The average molecular weight is 360 g/mol. The van der Waals surface area contributed by atoms with E-state index in [-0.39, 0.29) is 17.6 Å². The van der Waals surface area contributed by atoms with E-state index in [4.69, 9.17) is 4.74 Å². The summed E-state index contributed by atoms with van der Waals surface area (Å²) in [5.74, 6) is 0.914. The fourth-order valence-electron chi connectivity index (χ4n) is 2.63. The fourth-order valence-corrected chi connectivity index (χ4v) is 3.53. The van der Waals surface area contributed by atoms with Crippen molar-refractivity contribution in [3.63, 3.8) is 0 Å². The number of nitrogens with one attached hydrogen (secondary N) is 1. The minimum atomic E-state index is -0.198. The lowest BCUT2D eigenvalue weighted by Gasteiger charge is -2.21. The molecule has 0 radical (unpaired) electrons. The number of urea groups is 1. The summed E-state index contributed by atoms with van der Waals surface area (Å²) >= 11 is 1.43. The van der Waals surface area contributed by atoms with Crippen LogP contribution in [0.15, 0.2) is 24.3 Å². The van der Waals surface area contributed by atoms with E-state index in [0.717, 1.165) is 23.6 Å². The third-order valence-corrected chi connectivity index (χ3v) is 5.84. The van der Waals surface area contributed by atoms with Crippen LogP contribution in [0.1, 0.15) is 37.8 Å². The minimum Gasteiger partial charge on any atom is -0.488 e. The lowest BCUT2D eigenvalue weighted by molar-refractivity contribution is 0.172. The quantitative estimate of drug-likeness (QED) is 0.883. The van der Waals surface area contributed by atoms with Gasteiger partial charge in [-0.1, -0.05) is 50.3 Å². The van der Waals surface area contributed by atoms with E-state index in [9.17, 15) is 4.79 Å². The molecule has 25 heavy (non-hydrogen) atoms. The Kier molecular flexibility index (Phi) is 4.94. The van der Waals surface area contributed by atoms with Crippen LogP contribution in [0.3, 0.4) is 0 Å². The average Bonchev–Trinajstić information content (AvgIpc) is 3.21. The van der Waals surface area contributed by atoms with Crippen molar-refractivity contribution in [3.05, 3.63) is 34.8 Å². The van der Waals surface area contributed by atoms with Gasteiger partial charge in [0.1, 0.15) is 16.9 Å². The van der Waals surface area contributed by atoms with Gasteiger partial charge in [0.2, 0.25) is 5.13 Å². The second-order valence-corrected chi connectivity index (χ2v) is 7.99. The molecule has 1 aliphatic heterocycles. The zero-order chi connectivity index (χ0) is 18.0. The van der Waals surface area contributed by atoms with E-state index in [1.54, 1.807) is 11.9 Å². The molecule has 2 heterocycles. The summed E-state index contributed by atoms with van der Waals surface area (Å²) in [5.41, 5.74) is 1.16. The van der Waals surface area contributed by atoms with Crippen molar-refractivity contribution in [2.24, 2.45) is 0 Å².